The lowest BCUT2D eigenvalue weighted by Gasteiger charge is -2.28. The molecular weight excluding hydrogens is 915 g/mol. The Hall–Kier alpha value is -6.04. The van der Waals surface area contributed by atoms with Gasteiger partial charge in [0.15, 0.2) is 0 Å². The molecule has 10 rings (SSSR count). The number of benzene rings is 8. The van der Waals surface area contributed by atoms with Crippen molar-refractivity contribution in [1.29, 1.82) is 0 Å². The van der Waals surface area contributed by atoms with E-state index in [9.17, 15) is 0 Å². The summed E-state index contributed by atoms with van der Waals surface area (Å²) in [4.78, 5) is 2.41. The first-order valence-corrected chi connectivity index (χ1v) is 25.6. The Morgan fingerprint density at radius 2 is 0.746 bits per heavy atom. The van der Waals surface area contributed by atoms with E-state index >= 15 is 0 Å². The summed E-state index contributed by atoms with van der Waals surface area (Å²) >= 11 is 7.06. The molecule has 0 atom stereocenters. The zero-order valence-electron chi connectivity index (χ0n) is 39.5. The van der Waals surface area contributed by atoms with Gasteiger partial charge < -0.3 is 4.90 Å². The molecule has 0 unspecified atom stereocenters. The van der Waals surface area contributed by atoms with Gasteiger partial charge in [0.2, 0.25) is 0 Å². The van der Waals surface area contributed by atoms with Crippen molar-refractivity contribution in [3.63, 3.8) is 0 Å². The summed E-state index contributed by atoms with van der Waals surface area (Å²) in [7, 11) is 0. The Morgan fingerprint density at radius 3 is 1.19 bits per heavy atom. The van der Waals surface area contributed by atoms with Crippen molar-refractivity contribution in [2.24, 2.45) is 0 Å². The molecule has 8 aromatic carbocycles. The second kappa shape index (κ2) is 21.7. The van der Waals surface area contributed by atoms with E-state index in [1.165, 1.54) is 84.8 Å². The minimum Gasteiger partial charge on any atom is -0.302 e. The van der Waals surface area contributed by atoms with E-state index in [2.05, 4.69) is 281 Å². The first-order chi connectivity index (χ1) is 32.3. The van der Waals surface area contributed by atoms with Gasteiger partial charge in [-0.15, -0.1) is 22.7 Å². The van der Waals surface area contributed by atoms with Crippen LogP contribution in [-0.4, -0.2) is 0 Å². The summed E-state index contributed by atoms with van der Waals surface area (Å²) in [5, 5.41) is 3.84. The van der Waals surface area contributed by atoms with Crippen LogP contribution in [0.25, 0.3) is 20.2 Å². The monoisotopic (exact) mass is 973 g/mol. The van der Waals surface area contributed by atoms with Crippen molar-refractivity contribution >= 4 is 75.2 Å². The molecule has 0 aliphatic carbocycles. The average Bonchev–Trinajstić information content (AvgIpc) is 3.93. The normalized spacial score (nSPS) is 11.4. The first-order valence-electron chi connectivity index (χ1n) is 23.2. The quantitative estimate of drug-likeness (QED) is 0.139. The molecule has 336 valence electrons. The number of nitrogens with zero attached hydrogens (tertiary/aromatic N) is 1. The van der Waals surface area contributed by atoms with Gasteiger partial charge in [-0.3, -0.25) is 0 Å². The summed E-state index contributed by atoms with van der Waals surface area (Å²) in [5.74, 6) is 0. The summed E-state index contributed by atoms with van der Waals surface area (Å²) in [5.41, 5.74) is 13.6. The Bertz CT molecular complexity index is 2990. The number of halogens is 1. The van der Waals surface area contributed by atoms with Crippen LogP contribution in [0.5, 0.6) is 0 Å². The van der Waals surface area contributed by atoms with Crippen LogP contribution in [0.2, 0.25) is 0 Å². The van der Waals surface area contributed by atoms with Crippen molar-refractivity contribution in [2.45, 2.75) is 71.6 Å². The van der Waals surface area contributed by atoms with Crippen LogP contribution in [0, 0.1) is 0 Å². The maximum atomic E-state index is 3.44. The summed E-state index contributed by atoms with van der Waals surface area (Å²) in [6.45, 7) is 13.8. The number of anilines is 3. The Morgan fingerprint density at radius 1 is 0.358 bits per heavy atom. The van der Waals surface area contributed by atoms with Crippen molar-refractivity contribution < 1.29 is 0 Å². The van der Waals surface area contributed by atoms with Gasteiger partial charge in [-0.1, -0.05) is 211 Å². The molecule has 10 aromatic rings. The first kappa shape index (κ1) is 47.5. The number of rotatable bonds is 9. The van der Waals surface area contributed by atoms with E-state index in [1.54, 1.807) is 11.3 Å². The second-order valence-corrected chi connectivity index (χ2v) is 22.8. The smallest absolute Gasteiger partial charge is 0.101 e. The lowest BCUT2D eigenvalue weighted by Crippen LogP contribution is -2.15. The number of fused-ring (bicyclic) bond motifs is 2. The standard InChI is InChI=1S/C31H29NS.C24H26.C8H5BrS/c1-31(2,3)26-19-24(18-23-12-6-4-7-13-23)20-28(22-26)32(27-15-8-5-9-16-27)30-21-25-14-10-11-17-29(25)33-30;1-24(2,3)23-17-21(14-19-10-6-4-7-11-19)16-22(18-23)15-20-12-8-5-9-13-20;9-8-5-6-3-1-2-4-7(6)10-8/h4-17,19-22H,18H2,1-3H3;4-13,16-18H,14-15H2,1-3H3;1-5H. The van der Waals surface area contributed by atoms with E-state index < -0.39 is 0 Å². The van der Waals surface area contributed by atoms with Crippen LogP contribution in [0.1, 0.15) is 86.1 Å². The van der Waals surface area contributed by atoms with E-state index in [0.717, 1.165) is 19.3 Å². The summed E-state index contributed by atoms with van der Waals surface area (Å²) < 4.78 is 3.85. The van der Waals surface area contributed by atoms with Crippen LogP contribution in [0.15, 0.2) is 222 Å². The number of para-hydroxylation sites is 1. The molecule has 0 aliphatic heterocycles. The molecule has 0 radical (unpaired) electrons. The van der Waals surface area contributed by atoms with Gasteiger partial charge >= 0.3 is 0 Å². The van der Waals surface area contributed by atoms with E-state index in [1.807, 2.05) is 11.3 Å². The molecule has 4 heteroatoms. The second-order valence-electron chi connectivity index (χ2n) is 19.3. The number of thiophene rings is 2. The Kier molecular flexibility index (Phi) is 15.4. The predicted molar refractivity (Wildman–Crippen MR) is 298 cm³/mol. The lowest BCUT2D eigenvalue weighted by atomic mass is 9.83. The topological polar surface area (TPSA) is 3.24 Å². The third-order valence-corrected chi connectivity index (χ3v) is 14.5. The third kappa shape index (κ3) is 13.1. The molecule has 0 bridgehead atoms. The SMILES string of the molecule is Brc1cc2ccccc2s1.CC(C)(C)c1cc(Cc2ccccc2)cc(Cc2ccccc2)c1.CC(C)(C)c1cc(Cc2ccccc2)cc(N(c2ccccc2)c2cc3ccccc3s2)c1. The molecular formula is C63H60BrNS2. The van der Waals surface area contributed by atoms with Crippen LogP contribution in [-0.2, 0) is 30.1 Å². The van der Waals surface area contributed by atoms with Gasteiger partial charge in [-0.25, -0.2) is 0 Å². The maximum Gasteiger partial charge on any atom is 0.101 e. The molecule has 0 N–H and O–H groups in total. The van der Waals surface area contributed by atoms with Gasteiger partial charge in [-0.2, -0.15) is 0 Å². The minimum atomic E-state index is 0.0595. The molecule has 0 saturated heterocycles. The maximum absolute atomic E-state index is 3.44. The molecule has 2 aromatic heterocycles. The highest BCUT2D eigenvalue weighted by Gasteiger charge is 2.21. The molecule has 0 spiro atoms. The van der Waals surface area contributed by atoms with Gasteiger partial charge in [0.05, 0.1) is 3.79 Å². The van der Waals surface area contributed by atoms with Gasteiger partial charge in [-0.05, 0) is 150 Å². The van der Waals surface area contributed by atoms with Crippen molar-refractivity contribution in [1.82, 2.24) is 0 Å². The fourth-order valence-electron chi connectivity index (χ4n) is 8.24. The van der Waals surface area contributed by atoms with Gasteiger partial charge in [0, 0.05) is 20.8 Å². The highest BCUT2D eigenvalue weighted by atomic mass is 79.9. The molecule has 2 heterocycles. The van der Waals surface area contributed by atoms with Crippen molar-refractivity contribution in [3.8, 4) is 0 Å². The van der Waals surface area contributed by atoms with Crippen LogP contribution in [0.4, 0.5) is 16.4 Å². The zero-order chi connectivity index (χ0) is 46.8. The Labute approximate surface area is 415 Å². The van der Waals surface area contributed by atoms with E-state index in [0.29, 0.717) is 0 Å². The van der Waals surface area contributed by atoms with Crippen LogP contribution < -0.4 is 4.90 Å². The lowest BCUT2D eigenvalue weighted by molar-refractivity contribution is 0.588. The van der Waals surface area contributed by atoms with Gasteiger partial charge in [0.1, 0.15) is 5.00 Å². The summed E-state index contributed by atoms with van der Waals surface area (Å²) in [6, 6.07) is 78.6. The fraction of sp³-hybridized carbons (Fsp3) is 0.175. The van der Waals surface area contributed by atoms with Crippen LogP contribution in [0.3, 0.4) is 0 Å². The molecule has 1 nitrogen and oxygen atoms in total. The highest BCUT2D eigenvalue weighted by Crippen LogP contribution is 2.43. The summed E-state index contributed by atoms with van der Waals surface area (Å²) in [6.07, 6.45) is 2.91. The average molecular weight is 975 g/mol. The molecule has 0 aliphatic rings. The van der Waals surface area contributed by atoms with Crippen molar-refractivity contribution in [2.75, 3.05) is 4.90 Å². The molecule has 0 amide bonds. The number of hydrogen-bond acceptors (Lipinski definition) is 3. The largest absolute Gasteiger partial charge is 0.302 e. The van der Waals surface area contributed by atoms with Crippen LogP contribution >= 0.6 is 38.6 Å². The predicted octanol–water partition coefficient (Wildman–Crippen LogP) is 19.1. The van der Waals surface area contributed by atoms with Gasteiger partial charge in [0.25, 0.3) is 0 Å². The van der Waals surface area contributed by atoms with E-state index in [4.69, 9.17) is 0 Å². The van der Waals surface area contributed by atoms with Crippen molar-refractivity contribution in [3.05, 3.63) is 267 Å². The minimum absolute atomic E-state index is 0.0595. The molecule has 67 heavy (non-hydrogen) atoms. The van der Waals surface area contributed by atoms with E-state index in [-0.39, 0.29) is 10.8 Å². The Balaban J connectivity index is 0.000000155. The number of hydrogen-bond donors (Lipinski definition) is 0. The third-order valence-electron chi connectivity index (χ3n) is 11.8. The molecule has 0 fully saturated rings. The zero-order valence-corrected chi connectivity index (χ0v) is 42.8. The fourth-order valence-corrected chi connectivity index (χ4v) is 10.9. The molecule has 0 saturated carbocycles. The highest BCUT2D eigenvalue weighted by molar-refractivity contribution is 9.11.